The van der Waals surface area contributed by atoms with Crippen molar-refractivity contribution in [3.63, 3.8) is 0 Å². The number of hydrogen-bond donors (Lipinski definition) is 0. The van der Waals surface area contributed by atoms with E-state index in [1.165, 1.54) is 42.8 Å². The molecule has 1 saturated heterocycles. The van der Waals surface area contributed by atoms with E-state index >= 15 is 0 Å². The number of rotatable bonds is 8. The summed E-state index contributed by atoms with van der Waals surface area (Å²) in [5, 5.41) is 0. The molecule has 0 radical (unpaired) electrons. The number of morpholine rings is 1. The fraction of sp³-hybridized carbons (Fsp3) is 0.304. The molecule has 0 aromatic heterocycles. The molecule has 1 heterocycles. The number of carbonyl (C=O) groups is 2. The number of sulfonamides is 1. The van der Waals surface area contributed by atoms with E-state index in [-0.39, 0.29) is 30.3 Å². The molecule has 1 fully saturated rings. The molecule has 9 nitrogen and oxygen atoms in total. The summed E-state index contributed by atoms with van der Waals surface area (Å²) < 4.78 is 47.8. The minimum atomic E-state index is -3.78. The van der Waals surface area contributed by atoms with E-state index in [2.05, 4.69) is 4.74 Å². The van der Waals surface area contributed by atoms with Crippen molar-refractivity contribution in [1.82, 2.24) is 4.31 Å². The Hall–Kier alpha value is -3.21. The van der Waals surface area contributed by atoms with Gasteiger partial charge in [0.1, 0.15) is 17.3 Å². The molecule has 0 N–H and O–H groups in total. The third kappa shape index (κ3) is 6.19. The molecule has 3 rings (SSSR count). The number of methoxy groups -OCH3 is 2. The van der Waals surface area contributed by atoms with Gasteiger partial charge >= 0.3 is 11.9 Å². The fourth-order valence-electron chi connectivity index (χ4n) is 3.20. The summed E-state index contributed by atoms with van der Waals surface area (Å²) in [7, 11) is -1.10. The number of ether oxygens (including phenoxy) is 4. The number of benzene rings is 2. The first kappa shape index (κ1) is 24.4. The molecule has 10 heteroatoms. The highest BCUT2D eigenvalue weighted by Crippen LogP contribution is 2.28. The Balaban J connectivity index is 1.70. The molecule has 0 spiro atoms. The smallest absolute Gasteiger partial charge is 0.337 e. The van der Waals surface area contributed by atoms with E-state index in [1.807, 2.05) is 0 Å². The molecule has 0 aliphatic carbocycles. The zero-order valence-electron chi connectivity index (χ0n) is 18.4. The van der Waals surface area contributed by atoms with Gasteiger partial charge in [-0.2, -0.15) is 4.31 Å². The summed E-state index contributed by atoms with van der Waals surface area (Å²) in [5.74, 6) is -0.885. The number of carbonyl (C=O) groups excluding carboxylic acids is 2. The maximum atomic E-state index is 13.1. The molecule has 2 aromatic rings. The van der Waals surface area contributed by atoms with Crippen molar-refractivity contribution in [3.05, 3.63) is 65.2 Å². The van der Waals surface area contributed by atoms with Crippen LogP contribution < -0.4 is 4.74 Å². The molecule has 0 bridgehead atoms. The topological polar surface area (TPSA) is 108 Å². The largest absolute Gasteiger partial charge is 0.495 e. The highest BCUT2D eigenvalue weighted by molar-refractivity contribution is 7.89. The SMILES string of the molecule is COC(=O)c1cccc(COC(=O)/C=C/c2ccc(OC)c(S(=O)(=O)N3CCOCC3)c2)c1. The van der Waals surface area contributed by atoms with Crippen molar-refractivity contribution in [1.29, 1.82) is 0 Å². The first-order valence-electron chi connectivity index (χ1n) is 10.1. The highest BCUT2D eigenvalue weighted by Gasteiger charge is 2.29. The molecular formula is C23H25NO8S. The van der Waals surface area contributed by atoms with Gasteiger partial charge in [-0.15, -0.1) is 0 Å². The second kappa shape index (κ2) is 11.1. The van der Waals surface area contributed by atoms with E-state index in [4.69, 9.17) is 14.2 Å². The Morgan fingerprint density at radius 3 is 2.55 bits per heavy atom. The van der Waals surface area contributed by atoms with Crippen molar-refractivity contribution >= 4 is 28.0 Å². The van der Waals surface area contributed by atoms with Gasteiger partial charge < -0.3 is 18.9 Å². The van der Waals surface area contributed by atoms with E-state index in [0.29, 0.717) is 29.9 Å². The van der Waals surface area contributed by atoms with Crippen molar-refractivity contribution in [2.75, 3.05) is 40.5 Å². The van der Waals surface area contributed by atoms with Crippen LogP contribution in [-0.2, 0) is 35.6 Å². The lowest BCUT2D eigenvalue weighted by Crippen LogP contribution is -2.40. The zero-order valence-corrected chi connectivity index (χ0v) is 19.2. The van der Waals surface area contributed by atoms with Gasteiger partial charge in [0.05, 0.1) is 33.0 Å². The maximum Gasteiger partial charge on any atom is 0.337 e. The van der Waals surface area contributed by atoms with E-state index in [1.54, 1.807) is 30.3 Å². The first-order valence-corrected chi connectivity index (χ1v) is 11.6. The monoisotopic (exact) mass is 475 g/mol. The summed E-state index contributed by atoms with van der Waals surface area (Å²) in [6.45, 7) is 1.14. The van der Waals surface area contributed by atoms with E-state index in [9.17, 15) is 18.0 Å². The van der Waals surface area contributed by atoms with Crippen LogP contribution in [0.1, 0.15) is 21.5 Å². The third-order valence-electron chi connectivity index (χ3n) is 4.92. The Labute approximate surface area is 192 Å². The molecule has 0 amide bonds. The Bertz CT molecular complexity index is 1140. The average Bonchev–Trinajstić information content (AvgIpc) is 2.86. The Morgan fingerprint density at radius 2 is 1.85 bits per heavy atom. The Morgan fingerprint density at radius 1 is 1.09 bits per heavy atom. The van der Waals surface area contributed by atoms with Crippen LogP contribution in [0.5, 0.6) is 5.75 Å². The third-order valence-corrected chi connectivity index (χ3v) is 6.84. The zero-order chi connectivity index (χ0) is 23.8. The average molecular weight is 476 g/mol. The molecule has 176 valence electrons. The van der Waals surface area contributed by atoms with Crippen molar-refractivity contribution < 1.29 is 37.0 Å². The standard InChI is InChI=1S/C23H25NO8S/c1-29-20-8-6-17(15-21(20)33(27,28)24-10-12-31-13-11-24)7-9-22(25)32-16-18-4-3-5-19(14-18)23(26)30-2/h3-9,14-15H,10-13,16H2,1-2H3/b9-7+. The van der Waals surface area contributed by atoms with Crippen LogP contribution in [0, 0.1) is 0 Å². The minimum absolute atomic E-state index is 0.0158. The van der Waals surface area contributed by atoms with E-state index in [0.717, 1.165) is 0 Å². The predicted octanol–water partition coefficient (Wildman–Crippen LogP) is 2.26. The molecule has 1 aliphatic heterocycles. The first-order chi connectivity index (χ1) is 15.8. The van der Waals surface area contributed by atoms with Crippen LogP contribution in [0.4, 0.5) is 0 Å². The number of nitrogens with zero attached hydrogens (tertiary/aromatic N) is 1. The van der Waals surface area contributed by atoms with Crippen molar-refractivity contribution in [2.45, 2.75) is 11.5 Å². The van der Waals surface area contributed by atoms with Gasteiger partial charge in [0.2, 0.25) is 10.0 Å². The second-order valence-electron chi connectivity index (χ2n) is 7.06. The Kier molecular flexibility index (Phi) is 8.21. The number of esters is 2. The summed E-state index contributed by atoms with van der Waals surface area (Å²) in [6.07, 6.45) is 2.67. The quantitative estimate of drug-likeness (QED) is 0.423. The van der Waals surface area contributed by atoms with Gasteiger partial charge in [-0.05, 0) is 41.5 Å². The van der Waals surface area contributed by atoms with Gasteiger partial charge in [-0.25, -0.2) is 18.0 Å². The molecule has 0 atom stereocenters. The summed E-state index contributed by atoms with van der Waals surface area (Å²) in [5.41, 5.74) is 1.48. The fourth-order valence-corrected chi connectivity index (χ4v) is 4.80. The highest BCUT2D eigenvalue weighted by atomic mass is 32.2. The lowest BCUT2D eigenvalue weighted by atomic mass is 10.1. The van der Waals surface area contributed by atoms with Gasteiger partial charge in [0.25, 0.3) is 0 Å². The lowest BCUT2D eigenvalue weighted by molar-refractivity contribution is -0.138. The van der Waals surface area contributed by atoms with Gasteiger partial charge in [-0.3, -0.25) is 0 Å². The van der Waals surface area contributed by atoms with Crippen molar-refractivity contribution in [3.8, 4) is 5.75 Å². The lowest BCUT2D eigenvalue weighted by Gasteiger charge is -2.26. The molecule has 33 heavy (non-hydrogen) atoms. The summed E-state index contributed by atoms with van der Waals surface area (Å²) in [4.78, 5) is 23.8. The summed E-state index contributed by atoms with van der Waals surface area (Å²) >= 11 is 0. The van der Waals surface area contributed by atoms with Crippen molar-refractivity contribution in [2.24, 2.45) is 0 Å². The van der Waals surface area contributed by atoms with E-state index < -0.39 is 22.0 Å². The maximum absolute atomic E-state index is 13.1. The molecule has 0 saturated carbocycles. The molecule has 0 unspecified atom stereocenters. The number of hydrogen-bond acceptors (Lipinski definition) is 8. The predicted molar refractivity (Wildman–Crippen MR) is 119 cm³/mol. The molecular weight excluding hydrogens is 450 g/mol. The second-order valence-corrected chi connectivity index (χ2v) is 8.97. The van der Waals surface area contributed by atoms with Gasteiger partial charge in [-0.1, -0.05) is 18.2 Å². The van der Waals surface area contributed by atoms with Crippen LogP contribution in [0.2, 0.25) is 0 Å². The summed E-state index contributed by atoms with van der Waals surface area (Å²) in [6, 6.07) is 11.2. The van der Waals surface area contributed by atoms with Crippen LogP contribution >= 0.6 is 0 Å². The molecule has 2 aromatic carbocycles. The van der Waals surface area contributed by atoms with Crippen LogP contribution in [0.15, 0.2) is 53.4 Å². The minimum Gasteiger partial charge on any atom is -0.495 e. The van der Waals surface area contributed by atoms with Gasteiger partial charge in [0, 0.05) is 19.2 Å². The van der Waals surface area contributed by atoms with Crippen LogP contribution in [0.25, 0.3) is 6.08 Å². The van der Waals surface area contributed by atoms with Gasteiger partial charge in [0.15, 0.2) is 0 Å². The normalized spacial score (nSPS) is 14.7. The van der Waals surface area contributed by atoms with Crippen LogP contribution in [0.3, 0.4) is 0 Å². The molecule has 1 aliphatic rings. The van der Waals surface area contributed by atoms with Crippen LogP contribution in [-0.4, -0.2) is 65.2 Å².